The number of rotatable bonds is 7. The van der Waals surface area contributed by atoms with Crippen molar-refractivity contribution < 1.29 is 0 Å². The van der Waals surface area contributed by atoms with Crippen molar-refractivity contribution in [1.82, 2.24) is 5.32 Å². The Labute approximate surface area is 126 Å². The Kier molecular flexibility index (Phi) is 7.23. The van der Waals surface area contributed by atoms with Gasteiger partial charge in [0.15, 0.2) is 0 Å². The smallest absolute Gasteiger partial charge is 0.0130 e. The predicted molar refractivity (Wildman–Crippen MR) is 88.9 cm³/mol. The topological polar surface area (TPSA) is 12.0 Å². The second-order valence-electron chi connectivity index (χ2n) is 5.89. The third kappa shape index (κ3) is 6.19. The van der Waals surface area contributed by atoms with Gasteiger partial charge in [-0.2, -0.15) is 0 Å². The molecule has 0 aliphatic carbocycles. The van der Waals surface area contributed by atoms with Gasteiger partial charge in [-0.25, -0.2) is 0 Å². The van der Waals surface area contributed by atoms with E-state index >= 15 is 0 Å². The van der Waals surface area contributed by atoms with Gasteiger partial charge in [-0.3, -0.25) is 0 Å². The summed E-state index contributed by atoms with van der Waals surface area (Å²) in [6, 6.07) is 8.93. The molecule has 0 amide bonds. The highest BCUT2D eigenvalue weighted by atomic mass is 127. The highest BCUT2D eigenvalue weighted by Crippen LogP contribution is 2.17. The lowest BCUT2D eigenvalue weighted by atomic mass is 9.89. The highest BCUT2D eigenvalue weighted by molar-refractivity contribution is 14.1. The summed E-state index contributed by atoms with van der Waals surface area (Å²) in [5, 5.41) is 3.60. The van der Waals surface area contributed by atoms with Gasteiger partial charge in [0.05, 0.1) is 0 Å². The van der Waals surface area contributed by atoms with Crippen LogP contribution in [-0.2, 0) is 6.42 Å². The average Bonchev–Trinajstić information content (AvgIpc) is 2.30. The van der Waals surface area contributed by atoms with Crippen molar-refractivity contribution in [1.29, 1.82) is 0 Å². The Bertz CT molecular complexity index is 329. The molecule has 102 valence electrons. The van der Waals surface area contributed by atoms with E-state index in [1.54, 1.807) is 0 Å². The van der Waals surface area contributed by atoms with Gasteiger partial charge in [-0.05, 0) is 77.6 Å². The van der Waals surface area contributed by atoms with E-state index in [1.807, 2.05) is 0 Å². The largest absolute Gasteiger partial charge is 0.316 e. The molecule has 1 N–H and O–H groups in total. The third-order valence-corrected chi connectivity index (χ3v) is 4.03. The highest BCUT2D eigenvalue weighted by Gasteiger charge is 2.13. The first-order chi connectivity index (χ1) is 8.49. The van der Waals surface area contributed by atoms with E-state index in [-0.39, 0.29) is 0 Å². The lowest BCUT2D eigenvalue weighted by Crippen LogP contribution is -2.30. The van der Waals surface area contributed by atoms with Crippen molar-refractivity contribution in [2.75, 3.05) is 13.1 Å². The molecule has 2 heteroatoms. The number of benzene rings is 1. The van der Waals surface area contributed by atoms with E-state index < -0.39 is 0 Å². The number of hydrogen-bond acceptors (Lipinski definition) is 1. The minimum atomic E-state index is 0.726. The molecule has 18 heavy (non-hydrogen) atoms. The molecule has 0 spiro atoms. The molecule has 1 unspecified atom stereocenters. The van der Waals surface area contributed by atoms with Crippen LogP contribution in [0.1, 0.15) is 33.3 Å². The molecule has 0 aromatic heterocycles. The van der Waals surface area contributed by atoms with E-state index in [1.165, 1.54) is 15.6 Å². The van der Waals surface area contributed by atoms with Gasteiger partial charge in [-0.15, -0.1) is 0 Å². The molecule has 0 radical (unpaired) electrons. The van der Waals surface area contributed by atoms with Crippen LogP contribution in [0.15, 0.2) is 24.3 Å². The molecule has 0 aliphatic rings. The number of nitrogens with one attached hydrogen (secondary N) is 1. The van der Waals surface area contributed by atoms with Gasteiger partial charge in [0.1, 0.15) is 0 Å². The van der Waals surface area contributed by atoms with Crippen LogP contribution in [-0.4, -0.2) is 13.1 Å². The van der Waals surface area contributed by atoms with Crippen molar-refractivity contribution in [3.8, 4) is 0 Å². The molecule has 0 fully saturated rings. The van der Waals surface area contributed by atoms with Crippen molar-refractivity contribution in [3.63, 3.8) is 0 Å². The first-order valence-electron chi connectivity index (χ1n) is 6.94. The molecule has 1 nitrogen and oxygen atoms in total. The summed E-state index contributed by atoms with van der Waals surface area (Å²) in [5.74, 6) is 2.18. The predicted octanol–water partition coefficient (Wildman–Crippen LogP) is 4.35. The Balaban J connectivity index is 2.49. The molecular weight excluding hydrogens is 333 g/mol. The summed E-state index contributed by atoms with van der Waals surface area (Å²) in [6.45, 7) is 11.4. The SMILES string of the molecule is CC(C)CNCC(Cc1ccc(I)cc1)C(C)C. The fraction of sp³-hybridized carbons (Fsp3) is 0.625. The Morgan fingerprint density at radius 2 is 1.61 bits per heavy atom. The third-order valence-electron chi connectivity index (χ3n) is 3.31. The van der Waals surface area contributed by atoms with Gasteiger partial charge in [0.25, 0.3) is 0 Å². The monoisotopic (exact) mass is 359 g/mol. The maximum absolute atomic E-state index is 3.60. The molecule has 1 rings (SSSR count). The zero-order valence-electron chi connectivity index (χ0n) is 12.0. The molecule has 1 aromatic rings. The second-order valence-corrected chi connectivity index (χ2v) is 7.13. The Morgan fingerprint density at radius 1 is 1.00 bits per heavy atom. The maximum atomic E-state index is 3.60. The zero-order chi connectivity index (χ0) is 13.5. The molecule has 0 bridgehead atoms. The van der Waals surface area contributed by atoms with Crippen LogP contribution >= 0.6 is 22.6 Å². The summed E-state index contributed by atoms with van der Waals surface area (Å²) in [7, 11) is 0. The molecular formula is C16H26IN. The Hall–Kier alpha value is -0.0900. The molecule has 0 saturated carbocycles. The van der Waals surface area contributed by atoms with E-state index in [2.05, 4.69) is 79.9 Å². The summed E-state index contributed by atoms with van der Waals surface area (Å²) in [4.78, 5) is 0. The van der Waals surface area contributed by atoms with Crippen molar-refractivity contribution in [2.24, 2.45) is 17.8 Å². The fourth-order valence-electron chi connectivity index (χ4n) is 2.02. The minimum absolute atomic E-state index is 0.726. The lowest BCUT2D eigenvalue weighted by Gasteiger charge is -2.22. The average molecular weight is 359 g/mol. The van der Waals surface area contributed by atoms with Crippen molar-refractivity contribution in [2.45, 2.75) is 34.1 Å². The van der Waals surface area contributed by atoms with E-state index in [0.717, 1.165) is 30.8 Å². The van der Waals surface area contributed by atoms with Crippen LogP contribution in [0, 0.1) is 21.3 Å². The molecule has 0 aliphatic heterocycles. The van der Waals surface area contributed by atoms with E-state index in [9.17, 15) is 0 Å². The fourth-order valence-corrected chi connectivity index (χ4v) is 2.38. The summed E-state index contributed by atoms with van der Waals surface area (Å²) in [6.07, 6.45) is 1.18. The van der Waals surface area contributed by atoms with Crippen LogP contribution in [0.4, 0.5) is 0 Å². The summed E-state index contributed by atoms with van der Waals surface area (Å²) < 4.78 is 1.32. The lowest BCUT2D eigenvalue weighted by molar-refractivity contribution is 0.352. The quantitative estimate of drug-likeness (QED) is 0.714. The summed E-state index contributed by atoms with van der Waals surface area (Å²) in [5.41, 5.74) is 1.46. The first kappa shape index (κ1) is 16.0. The summed E-state index contributed by atoms with van der Waals surface area (Å²) >= 11 is 2.36. The zero-order valence-corrected chi connectivity index (χ0v) is 14.2. The Morgan fingerprint density at radius 3 is 2.11 bits per heavy atom. The van der Waals surface area contributed by atoms with Crippen LogP contribution in [0.3, 0.4) is 0 Å². The van der Waals surface area contributed by atoms with Crippen molar-refractivity contribution in [3.05, 3.63) is 33.4 Å². The van der Waals surface area contributed by atoms with Crippen LogP contribution in [0.25, 0.3) is 0 Å². The minimum Gasteiger partial charge on any atom is -0.316 e. The van der Waals surface area contributed by atoms with Crippen LogP contribution in [0.2, 0.25) is 0 Å². The standard InChI is InChI=1S/C16H26IN/c1-12(2)10-18-11-15(13(3)4)9-14-5-7-16(17)8-6-14/h5-8,12-13,15,18H,9-11H2,1-4H3. The molecule has 1 aromatic carbocycles. The maximum Gasteiger partial charge on any atom is 0.0130 e. The van der Waals surface area contributed by atoms with Gasteiger partial charge < -0.3 is 5.32 Å². The molecule has 0 heterocycles. The number of halogens is 1. The second kappa shape index (κ2) is 8.16. The van der Waals surface area contributed by atoms with Crippen molar-refractivity contribution >= 4 is 22.6 Å². The van der Waals surface area contributed by atoms with E-state index in [4.69, 9.17) is 0 Å². The van der Waals surface area contributed by atoms with Crippen LogP contribution in [0.5, 0.6) is 0 Å². The van der Waals surface area contributed by atoms with Gasteiger partial charge in [-0.1, -0.05) is 39.8 Å². The molecule has 0 saturated heterocycles. The van der Waals surface area contributed by atoms with E-state index in [0.29, 0.717) is 0 Å². The normalized spacial score (nSPS) is 13.3. The first-order valence-corrected chi connectivity index (χ1v) is 8.02. The molecule has 1 atom stereocenters. The van der Waals surface area contributed by atoms with Gasteiger partial charge >= 0.3 is 0 Å². The van der Waals surface area contributed by atoms with Gasteiger partial charge in [0.2, 0.25) is 0 Å². The van der Waals surface area contributed by atoms with Crippen LogP contribution < -0.4 is 5.32 Å². The number of hydrogen-bond donors (Lipinski definition) is 1. The van der Waals surface area contributed by atoms with Gasteiger partial charge in [0, 0.05) is 3.57 Å².